The van der Waals surface area contributed by atoms with Gasteiger partial charge in [0.25, 0.3) is 0 Å². The van der Waals surface area contributed by atoms with Crippen LogP contribution in [0.15, 0.2) is 30.3 Å². The highest BCUT2D eigenvalue weighted by Crippen LogP contribution is 2.21. The van der Waals surface area contributed by atoms with Crippen molar-refractivity contribution in [3.8, 4) is 0 Å². The van der Waals surface area contributed by atoms with Crippen LogP contribution in [0.5, 0.6) is 0 Å². The number of ether oxygens (including phenoxy) is 1. The second-order valence-electron chi connectivity index (χ2n) is 5.67. The van der Waals surface area contributed by atoms with E-state index in [4.69, 9.17) is 4.74 Å². The van der Waals surface area contributed by atoms with Crippen LogP contribution < -0.4 is 0 Å². The summed E-state index contributed by atoms with van der Waals surface area (Å²) in [5.74, 6) is 0. The third-order valence-corrected chi connectivity index (χ3v) is 4.28. The molecule has 0 unspecified atom stereocenters. The molecule has 0 N–H and O–H groups in total. The summed E-state index contributed by atoms with van der Waals surface area (Å²) < 4.78 is 5.39. The Balaban J connectivity index is 0.00000161. The van der Waals surface area contributed by atoms with Gasteiger partial charge < -0.3 is 9.64 Å². The van der Waals surface area contributed by atoms with Crippen molar-refractivity contribution in [2.75, 3.05) is 26.2 Å². The monoisotopic (exact) mass is 310 g/mol. The standard InChI is InChI=1S/C16H22N2O2.ClH/c19-16(20-13-14-6-2-1-3-7-14)18-11-8-15(12-18)17-9-4-5-10-17;/h1-3,6-7,15H,4-5,8-13H2;1H/t15-;/m0./s1. The predicted molar refractivity (Wildman–Crippen MR) is 84.7 cm³/mol. The fourth-order valence-electron chi connectivity index (χ4n) is 3.12. The fourth-order valence-corrected chi connectivity index (χ4v) is 3.12. The largest absolute Gasteiger partial charge is 0.445 e. The zero-order chi connectivity index (χ0) is 13.8. The molecule has 21 heavy (non-hydrogen) atoms. The highest BCUT2D eigenvalue weighted by Gasteiger charge is 2.32. The van der Waals surface area contributed by atoms with Crippen molar-refractivity contribution in [1.29, 1.82) is 0 Å². The zero-order valence-corrected chi connectivity index (χ0v) is 13.1. The maximum absolute atomic E-state index is 12.1. The number of hydrogen-bond acceptors (Lipinski definition) is 3. The van der Waals surface area contributed by atoms with E-state index in [0.29, 0.717) is 12.6 Å². The quantitative estimate of drug-likeness (QED) is 0.860. The first-order chi connectivity index (χ1) is 9.83. The zero-order valence-electron chi connectivity index (χ0n) is 12.2. The van der Waals surface area contributed by atoms with E-state index < -0.39 is 0 Å². The summed E-state index contributed by atoms with van der Waals surface area (Å²) in [4.78, 5) is 16.4. The number of hydrogen-bond donors (Lipinski definition) is 0. The van der Waals surface area contributed by atoms with E-state index in [2.05, 4.69) is 4.90 Å². The van der Waals surface area contributed by atoms with Crippen molar-refractivity contribution in [1.82, 2.24) is 9.80 Å². The second-order valence-corrected chi connectivity index (χ2v) is 5.67. The van der Waals surface area contributed by atoms with E-state index in [1.165, 1.54) is 25.9 Å². The van der Waals surface area contributed by atoms with Crippen LogP contribution in [0, 0.1) is 0 Å². The van der Waals surface area contributed by atoms with Gasteiger partial charge in [-0.2, -0.15) is 0 Å². The molecule has 2 saturated heterocycles. The molecule has 0 saturated carbocycles. The van der Waals surface area contributed by atoms with Gasteiger partial charge in [-0.05, 0) is 37.9 Å². The van der Waals surface area contributed by atoms with Gasteiger partial charge in [-0.1, -0.05) is 30.3 Å². The molecular weight excluding hydrogens is 288 g/mol. The summed E-state index contributed by atoms with van der Waals surface area (Å²) in [5, 5.41) is 0. The molecule has 5 heteroatoms. The van der Waals surface area contributed by atoms with Crippen LogP contribution in [0.25, 0.3) is 0 Å². The van der Waals surface area contributed by atoms with Gasteiger partial charge in [0.2, 0.25) is 0 Å². The van der Waals surface area contributed by atoms with Crippen LogP contribution in [0.3, 0.4) is 0 Å². The molecule has 0 aliphatic carbocycles. The normalized spacial score (nSPS) is 22.1. The van der Waals surface area contributed by atoms with Crippen molar-refractivity contribution in [3.05, 3.63) is 35.9 Å². The van der Waals surface area contributed by atoms with E-state index in [1.807, 2.05) is 35.2 Å². The molecule has 0 spiro atoms. The number of likely N-dealkylation sites (tertiary alicyclic amines) is 2. The Bertz CT molecular complexity index is 449. The predicted octanol–water partition coefficient (Wildman–Crippen LogP) is 2.92. The molecule has 2 heterocycles. The number of amides is 1. The first-order valence-corrected chi connectivity index (χ1v) is 7.52. The molecular formula is C16H23ClN2O2. The van der Waals surface area contributed by atoms with Crippen molar-refractivity contribution >= 4 is 18.5 Å². The lowest BCUT2D eigenvalue weighted by Gasteiger charge is -2.23. The van der Waals surface area contributed by atoms with Crippen LogP contribution >= 0.6 is 12.4 Å². The minimum atomic E-state index is -0.171. The van der Waals surface area contributed by atoms with Gasteiger partial charge in [0.1, 0.15) is 6.61 Å². The molecule has 0 bridgehead atoms. The smallest absolute Gasteiger partial charge is 0.410 e. The number of benzene rings is 1. The molecule has 4 nitrogen and oxygen atoms in total. The molecule has 1 atom stereocenters. The molecule has 0 radical (unpaired) electrons. The van der Waals surface area contributed by atoms with E-state index >= 15 is 0 Å². The van der Waals surface area contributed by atoms with Crippen LogP contribution in [0.2, 0.25) is 0 Å². The Morgan fingerprint density at radius 1 is 1.14 bits per heavy atom. The molecule has 1 aromatic carbocycles. The third kappa shape index (κ3) is 4.11. The molecule has 1 aromatic rings. The number of nitrogens with zero attached hydrogens (tertiary/aromatic N) is 2. The average Bonchev–Trinajstić information content (AvgIpc) is 3.16. The van der Waals surface area contributed by atoms with Gasteiger partial charge in [0.15, 0.2) is 0 Å². The molecule has 2 aliphatic rings. The molecule has 0 aromatic heterocycles. The summed E-state index contributed by atoms with van der Waals surface area (Å²) in [5.41, 5.74) is 1.04. The van der Waals surface area contributed by atoms with Crippen LogP contribution in [-0.4, -0.2) is 48.1 Å². The Kier molecular flexibility index (Phi) is 5.88. The van der Waals surface area contributed by atoms with Gasteiger partial charge >= 0.3 is 6.09 Å². The topological polar surface area (TPSA) is 32.8 Å². The van der Waals surface area contributed by atoms with Gasteiger partial charge in [0.05, 0.1) is 0 Å². The number of carbonyl (C=O) groups excluding carboxylic acids is 1. The first kappa shape index (κ1) is 16.1. The number of halogens is 1. The van der Waals surface area contributed by atoms with Gasteiger partial charge in [-0.15, -0.1) is 12.4 Å². The van der Waals surface area contributed by atoms with E-state index in [1.54, 1.807) is 0 Å². The summed E-state index contributed by atoms with van der Waals surface area (Å²) in [6, 6.07) is 10.4. The summed E-state index contributed by atoms with van der Waals surface area (Å²) in [6.45, 7) is 4.40. The van der Waals surface area contributed by atoms with Gasteiger partial charge in [-0.3, -0.25) is 4.90 Å². The minimum absolute atomic E-state index is 0. The minimum Gasteiger partial charge on any atom is -0.445 e. The molecule has 2 fully saturated rings. The molecule has 2 aliphatic heterocycles. The van der Waals surface area contributed by atoms with Crippen LogP contribution in [0.4, 0.5) is 4.79 Å². The number of rotatable bonds is 3. The average molecular weight is 311 g/mol. The second kappa shape index (κ2) is 7.66. The Morgan fingerprint density at radius 3 is 2.57 bits per heavy atom. The Labute approximate surface area is 132 Å². The van der Waals surface area contributed by atoms with E-state index in [0.717, 1.165) is 25.1 Å². The van der Waals surface area contributed by atoms with Crippen molar-refractivity contribution in [2.45, 2.75) is 31.9 Å². The highest BCUT2D eigenvalue weighted by atomic mass is 35.5. The fraction of sp³-hybridized carbons (Fsp3) is 0.562. The Hall–Kier alpha value is -1.26. The lowest BCUT2D eigenvalue weighted by atomic mass is 10.2. The maximum Gasteiger partial charge on any atom is 0.410 e. The van der Waals surface area contributed by atoms with Crippen molar-refractivity contribution in [2.24, 2.45) is 0 Å². The van der Waals surface area contributed by atoms with E-state index in [9.17, 15) is 4.79 Å². The van der Waals surface area contributed by atoms with Crippen LogP contribution in [0.1, 0.15) is 24.8 Å². The molecule has 3 rings (SSSR count). The number of carbonyl (C=O) groups is 1. The maximum atomic E-state index is 12.1. The summed E-state index contributed by atoms with van der Waals surface area (Å²) >= 11 is 0. The van der Waals surface area contributed by atoms with Gasteiger partial charge in [-0.25, -0.2) is 4.79 Å². The molecule has 116 valence electrons. The lowest BCUT2D eigenvalue weighted by molar-refractivity contribution is 0.101. The first-order valence-electron chi connectivity index (χ1n) is 7.52. The summed E-state index contributed by atoms with van der Waals surface area (Å²) in [7, 11) is 0. The SMILES string of the molecule is Cl.O=C(OCc1ccccc1)N1CC[C@H](N2CCCC2)C1. The summed E-state index contributed by atoms with van der Waals surface area (Å²) in [6.07, 6.45) is 3.51. The van der Waals surface area contributed by atoms with Crippen molar-refractivity contribution in [3.63, 3.8) is 0 Å². The lowest BCUT2D eigenvalue weighted by Crippen LogP contribution is -2.37. The van der Waals surface area contributed by atoms with Gasteiger partial charge in [0, 0.05) is 19.1 Å². The van der Waals surface area contributed by atoms with Crippen LogP contribution in [-0.2, 0) is 11.3 Å². The van der Waals surface area contributed by atoms with E-state index in [-0.39, 0.29) is 18.5 Å². The Morgan fingerprint density at radius 2 is 1.86 bits per heavy atom. The highest BCUT2D eigenvalue weighted by molar-refractivity contribution is 5.85. The third-order valence-electron chi connectivity index (χ3n) is 4.28. The molecule has 1 amide bonds. The van der Waals surface area contributed by atoms with Crippen molar-refractivity contribution < 1.29 is 9.53 Å².